The van der Waals surface area contributed by atoms with Crippen LogP contribution in [0.5, 0.6) is 5.75 Å². The molecule has 8 heteroatoms. The summed E-state index contributed by atoms with van der Waals surface area (Å²) in [6.07, 6.45) is 0. The standard InChI is InChI=1S/C22H21ClN2O4S/c1-15-7-8-16(22(26)24-14-17-5-3-4-6-21(17)29-2)13-20(15)25-30(27,28)19-11-9-18(23)10-12-19/h3-13,25H,14H2,1-2H3,(H,24,26). The van der Waals surface area contributed by atoms with Crippen LogP contribution in [-0.4, -0.2) is 21.4 Å². The first kappa shape index (κ1) is 21.7. The predicted octanol–water partition coefficient (Wildman–Crippen LogP) is 4.39. The molecule has 0 atom stereocenters. The molecule has 1 amide bonds. The van der Waals surface area contributed by atoms with Gasteiger partial charge in [-0.15, -0.1) is 0 Å². The Morgan fingerprint density at radius 2 is 1.73 bits per heavy atom. The van der Waals surface area contributed by atoms with E-state index in [4.69, 9.17) is 16.3 Å². The van der Waals surface area contributed by atoms with Crippen LogP contribution in [0, 0.1) is 6.92 Å². The third-order valence-corrected chi connectivity index (χ3v) is 6.13. The molecule has 2 N–H and O–H groups in total. The molecule has 0 aromatic heterocycles. The van der Waals surface area contributed by atoms with E-state index in [-0.39, 0.29) is 17.3 Å². The molecule has 0 unspecified atom stereocenters. The lowest BCUT2D eigenvalue weighted by atomic mass is 10.1. The summed E-state index contributed by atoms with van der Waals surface area (Å²) >= 11 is 5.83. The van der Waals surface area contributed by atoms with Gasteiger partial charge in [-0.1, -0.05) is 35.9 Å². The van der Waals surface area contributed by atoms with Gasteiger partial charge in [0.15, 0.2) is 0 Å². The number of hydrogen-bond donors (Lipinski definition) is 2. The molecule has 6 nitrogen and oxygen atoms in total. The molecule has 156 valence electrons. The van der Waals surface area contributed by atoms with Crippen molar-refractivity contribution in [2.24, 2.45) is 0 Å². The van der Waals surface area contributed by atoms with Gasteiger partial charge in [0.05, 0.1) is 17.7 Å². The Bertz CT molecular complexity index is 1160. The van der Waals surface area contributed by atoms with E-state index in [0.717, 1.165) is 5.56 Å². The number of carbonyl (C=O) groups is 1. The van der Waals surface area contributed by atoms with Crippen molar-refractivity contribution in [2.75, 3.05) is 11.8 Å². The number of ether oxygens (including phenoxy) is 1. The SMILES string of the molecule is COc1ccccc1CNC(=O)c1ccc(C)c(NS(=O)(=O)c2ccc(Cl)cc2)c1. The average Bonchev–Trinajstić information content (AvgIpc) is 2.74. The van der Waals surface area contributed by atoms with E-state index in [2.05, 4.69) is 10.0 Å². The van der Waals surface area contributed by atoms with Gasteiger partial charge in [0.1, 0.15) is 5.75 Å². The molecule has 0 aliphatic carbocycles. The third-order valence-electron chi connectivity index (χ3n) is 4.50. The van der Waals surface area contributed by atoms with Gasteiger partial charge < -0.3 is 10.1 Å². The Hall–Kier alpha value is -3.03. The molecule has 0 saturated heterocycles. The average molecular weight is 445 g/mol. The first-order valence-corrected chi connectivity index (χ1v) is 11.0. The second-order valence-corrected chi connectivity index (χ2v) is 8.70. The minimum Gasteiger partial charge on any atom is -0.496 e. The first-order chi connectivity index (χ1) is 14.3. The summed E-state index contributed by atoms with van der Waals surface area (Å²) in [7, 11) is -2.25. The molecule has 0 bridgehead atoms. The molecule has 3 aromatic rings. The van der Waals surface area contributed by atoms with Crippen LogP contribution in [0.1, 0.15) is 21.5 Å². The van der Waals surface area contributed by atoms with E-state index in [1.165, 1.54) is 30.3 Å². The van der Waals surface area contributed by atoms with Gasteiger partial charge in [-0.25, -0.2) is 8.42 Å². The van der Waals surface area contributed by atoms with Gasteiger partial charge in [0, 0.05) is 22.7 Å². The summed E-state index contributed by atoms with van der Waals surface area (Å²) in [5.41, 5.74) is 2.19. The molecule has 0 aliphatic heterocycles. The van der Waals surface area contributed by atoms with E-state index in [9.17, 15) is 13.2 Å². The molecule has 3 aromatic carbocycles. The van der Waals surface area contributed by atoms with Crippen LogP contribution in [0.2, 0.25) is 5.02 Å². The normalized spacial score (nSPS) is 11.0. The number of hydrogen-bond acceptors (Lipinski definition) is 4. The van der Waals surface area contributed by atoms with E-state index < -0.39 is 10.0 Å². The van der Waals surface area contributed by atoms with Crippen molar-refractivity contribution in [1.82, 2.24) is 5.32 Å². The molecular weight excluding hydrogens is 424 g/mol. The van der Waals surface area contributed by atoms with Crippen LogP contribution in [0.3, 0.4) is 0 Å². The summed E-state index contributed by atoms with van der Waals surface area (Å²) in [5, 5.41) is 3.27. The van der Waals surface area contributed by atoms with Crippen LogP contribution in [0.15, 0.2) is 71.6 Å². The summed E-state index contributed by atoms with van der Waals surface area (Å²) in [4.78, 5) is 12.7. The largest absolute Gasteiger partial charge is 0.496 e. The summed E-state index contributed by atoms with van der Waals surface area (Å²) in [6, 6.07) is 18.1. The fraction of sp³-hybridized carbons (Fsp3) is 0.136. The monoisotopic (exact) mass is 444 g/mol. The van der Waals surface area contributed by atoms with Gasteiger partial charge in [-0.05, 0) is 55.0 Å². The Kier molecular flexibility index (Phi) is 6.64. The number of para-hydroxylation sites is 1. The minimum absolute atomic E-state index is 0.0809. The lowest BCUT2D eigenvalue weighted by Gasteiger charge is -2.13. The first-order valence-electron chi connectivity index (χ1n) is 9.09. The number of rotatable bonds is 7. The summed E-state index contributed by atoms with van der Waals surface area (Å²) < 4.78 is 33.1. The molecule has 0 radical (unpaired) electrons. The second kappa shape index (κ2) is 9.19. The highest BCUT2D eigenvalue weighted by molar-refractivity contribution is 7.92. The molecule has 0 fully saturated rings. The molecule has 3 rings (SSSR count). The maximum atomic E-state index is 12.7. The number of methoxy groups -OCH3 is 1. The van der Waals surface area contributed by atoms with Crippen molar-refractivity contribution in [3.8, 4) is 5.75 Å². The van der Waals surface area contributed by atoms with E-state index in [1.54, 1.807) is 26.2 Å². The maximum Gasteiger partial charge on any atom is 0.261 e. The highest BCUT2D eigenvalue weighted by Gasteiger charge is 2.17. The predicted molar refractivity (Wildman–Crippen MR) is 118 cm³/mol. The molecule has 0 heterocycles. The summed E-state index contributed by atoms with van der Waals surface area (Å²) in [6.45, 7) is 2.04. The number of sulfonamides is 1. The molecule has 0 saturated carbocycles. The Labute approximate surface area is 180 Å². The van der Waals surface area contributed by atoms with Gasteiger partial charge in [0.2, 0.25) is 0 Å². The number of carbonyl (C=O) groups excluding carboxylic acids is 1. The van der Waals surface area contributed by atoms with E-state index >= 15 is 0 Å². The van der Waals surface area contributed by atoms with Gasteiger partial charge in [0.25, 0.3) is 15.9 Å². The van der Waals surface area contributed by atoms with Crippen LogP contribution >= 0.6 is 11.6 Å². The minimum atomic E-state index is -3.82. The molecular formula is C22H21ClN2O4S. The quantitative estimate of drug-likeness (QED) is 0.566. The Balaban J connectivity index is 1.77. The topological polar surface area (TPSA) is 84.5 Å². The number of amides is 1. The molecule has 0 aliphatic rings. The summed E-state index contributed by atoms with van der Waals surface area (Å²) in [5.74, 6) is 0.353. The smallest absolute Gasteiger partial charge is 0.261 e. The van der Waals surface area contributed by atoms with Crippen LogP contribution in [0.25, 0.3) is 0 Å². The zero-order valence-electron chi connectivity index (χ0n) is 16.5. The Morgan fingerprint density at radius 1 is 1.03 bits per heavy atom. The van der Waals surface area contributed by atoms with Gasteiger partial charge in [-0.3, -0.25) is 9.52 Å². The Morgan fingerprint density at radius 3 is 2.43 bits per heavy atom. The fourth-order valence-corrected chi connectivity index (χ4v) is 4.06. The van der Waals surface area contributed by atoms with Crippen LogP contribution < -0.4 is 14.8 Å². The molecule has 0 spiro atoms. The van der Waals surface area contributed by atoms with Gasteiger partial charge >= 0.3 is 0 Å². The number of aryl methyl sites for hydroxylation is 1. The highest BCUT2D eigenvalue weighted by Crippen LogP contribution is 2.23. The number of benzene rings is 3. The third kappa shape index (κ3) is 5.11. The molecule has 30 heavy (non-hydrogen) atoms. The highest BCUT2D eigenvalue weighted by atomic mass is 35.5. The van der Waals surface area contributed by atoms with E-state index in [0.29, 0.717) is 27.6 Å². The lowest BCUT2D eigenvalue weighted by molar-refractivity contribution is 0.0950. The van der Waals surface area contributed by atoms with Crippen molar-refractivity contribution >= 4 is 33.2 Å². The zero-order valence-corrected chi connectivity index (χ0v) is 18.0. The number of nitrogens with one attached hydrogen (secondary N) is 2. The van der Waals surface area contributed by atoms with E-state index in [1.807, 2.05) is 24.3 Å². The van der Waals surface area contributed by atoms with Crippen molar-refractivity contribution in [2.45, 2.75) is 18.4 Å². The van der Waals surface area contributed by atoms with Crippen LogP contribution in [0.4, 0.5) is 5.69 Å². The number of anilines is 1. The van der Waals surface area contributed by atoms with Crippen molar-refractivity contribution in [3.05, 3.63) is 88.4 Å². The van der Waals surface area contributed by atoms with Crippen molar-refractivity contribution in [1.29, 1.82) is 0 Å². The van der Waals surface area contributed by atoms with Crippen molar-refractivity contribution in [3.63, 3.8) is 0 Å². The number of halogens is 1. The lowest BCUT2D eigenvalue weighted by Crippen LogP contribution is -2.23. The van der Waals surface area contributed by atoms with Crippen LogP contribution in [-0.2, 0) is 16.6 Å². The zero-order chi connectivity index (χ0) is 21.7. The van der Waals surface area contributed by atoms with Crippen molar-refractivity contribution < 1.29 is 17.9 Å². The fourth-order valence-electron chi connectivity index (χ4n) is 2.82. The maximum absolute atomic E-state index is 12.7. The second-order valence-electron chi connectivity index (χ2n) is 6.58. The van der Waals surface area contributed by atoms with Gasteiger partial charge in [-0.2, -0.15) is 0 Å².